The molecule has 6 nitrogen and oxygen atoms in total. The van der Waals surface area contributed by atoms with E-state index in [0.29, 0.717) is 24.8 Å². The van der Waals surface area contributed by atoms with E-state index in [0.717, 1.165) is 15.8 Å². The van der Waals surface area contributed by atoms with Crippen LogP contribution in [0.25, 0.3) is 11.4 Å². The number of amides is 1. The van der Waals surface area contributed by atoms with Crippen LogP contribution in [-0.2, 0) is 11.3 Å². The summed E-state index contributed by atoms with van der Waals surface area (Å²) in [4.78, 5) is 17.7. The summed E-state index contributed by atoms with van der Waals surface area (Å²) < 4.78 is 26.6. The summed E-state index contributed by atoms with van der Waals surface area (Å²) in [6.07, 6.45) is 1.18. The Morgan fingerprint density at radius 3 is 3.09 bits per heavy atom. The molecule has 0 N–H and O–H groups in total. The maximum atomic E-state index is 13.1. The van der Waals surface area contributed by atoms with Crippen molar-refractivity contribution >= 4 is 27.8 Å². The van der Waals surface area contributed by atoms with Crippen molar-refractivity contribution in [2.45, 2.75) is 12.6 Å². The van der Waals surface area contributed by atoms with Crippen molar-refractivity contribution in [1.82, 2.24) is 9.55 Å². The van der Waals surface area contributed by atoms with Crippen LogP contribution in [0.1, 0.15) is 0 Å². The second-order valence-corrected chi connectivity index (χ2v) is 6.28. The fraction of sp³-hybridized carbons (Fsp3) is 0.333. The number of carbonyl (C=O) groups excluding carboxylic acids is 1. The maximum absolute atomic E-state index is 13.1. The smallest absolute Gasteiger partial charge is 0.416 e. The first kappa shape index (κ1) is 14.5. The molecule has 0 spiro atoms. The SMILES string of the molecule is O=C1OC[C@@H](CF)N1c1cn2c(n1)-c1ccc(Br)cc1OCC2. The lowest BCUT2D eigenvalue weighted by Gasteiger charge is -2.15. The van der Waals surface area contributed by atoms with Gasteiger partial charge in [-0.3, -0.25) is 4.90 Å². The average Bonchev–Trinajstić information content (AvgIpc) is 3.06. The molecule has 1 amide bonds. The molecule has 2 aliphatic rings. The van der Waals surface area contributed by atoms with Crippen LogP contribution in [0.3, 0.4) is 0 Å². The molecule has 2 aliphatic heterocycles. The van der Waals surface area contributed by atoms with Gasteiger partial charge in [0, 0.05) is 10.7 Å². The lowest BCUT2D eigenvalue weighted by molar-refractivity contribution is 0.177. The van der Waals surface area contributed by atoms with Crippen LogP contribution in [0.5, 0.6) is 5.75 Å². The zero-order valence-corrected chi connectivity index (χ0v) is 13.6. The second-order valence-electron chi connectivity index (χ2n) is 5.36. The summed E-state index contributed by atoms with van der Waals surface area (Å²) in [5, 5.41) is 0. The summed E-state index contributed by atoms with van der Waals surface area (Å²) in [6.45, 7) is 0.464. The number of hydrogen-bond acceptors (Lipinski definition) is 4. The Hall–Kier alpha value is -2.09. The zero-order chi connectivity index (χ0) is 16.0. The van der Waals surface area contributed by atoms with Crippen LogP contribution in [-0.4, -0.2) is 41.6 Å². The highest BCUT2D eigenvalue weighted by atomic mass is 79.9. The molecular weight excluding hydrogens is 369 g/mol. The Kier molecular flexibility index (Phi) is 3.48. The number of cyclic esters (lactones) is 1. The molecule has 0 aliphatic carbocycles. The van der Waals surface area contributed by atoms with Gasteiger partial charge in [0.2, 0.25) is 0 Å². The summed E-state index contributed by atoms with van der Waals surface area (Å²) in [6, 6.07) is 5.07. The standard InChI is InChI=1S/C15H13BrFN3O3/c16-9-1-2-11-12(5-9)22-4-3-19-7-13(18-14(11)19)20-10(6-17)8-23-15(20)21/h1-2,5,7,10H,3-4,6,8H2/t10-/m1/s1. The van der Waals surface area contributed by atoms with Crippen LogP contribution in [0.15, 0.2) is 28.9 Å². The molecule has 2 aromatic rings. The molecule has 1 saturated heterocycles. The molecule has 1 aromatic carbocycles. The van der Waals surface area contributed by atoms with Crippen molar-refractivity contribution in [1.29, 1.82) is 0 Å². The molecule has 1 fully saturated rings. The molecular formula is C15H13BrFN3O3. The van der Waals surface area contributed by atoms with Gasteiger partial charge in [0.15, 0.2) is 5.82 Å². The molecule has 1 aromatic heterocycles. The van der Waals surface area contributed by atoms with Crippen molar-refractivity contribution in [3.05, 3.63) is 28.9 Å². The summed E-state index contributed by atoms with van der Waals surface area (Å²) in [7, 11) is 0. The van der Waals surface area contributed by atoms with E-state index in [-0.39, 0.29) is 6.61 Å². The van der Waals surface area contributed by atoms with Gasteiger partial charge in [0.05, 0.1) is 12.1 Å². The number of halogens is 2. The van der Waals surface area contributed by atoms with E-state index in [4.69, 9.17) is 9.47 Å². The van der Waals surface area contributed by atoms with E-state index in [1.54, 1.807) is 6.20 Å². The van der Waals surface area contributed by atoms with Gasteiger partial charge >= 0.3 is 6.09 Å². The van der Waals surface area contributed by atoms with Crippen LogP contribution >= 0.6 is 15.9 Å². The quantitative estimate of drug-likeness (QED) is 0.802. The zero-order valence-electron chi connectivity index (χ0n) is 12.0. The molecule has 0 bridgehead atoms. The van der Waals surface area contributed by atoms with E-state index in [2.05, 4.69) is 20.9 Å². The third kappa shape index (κ3) is 2.37. The molecule has 3 heterocycles. The van der Waals surface area contributed by atoms with Gasteiger partial charge in [-0.25, -0.2) is 14.2 Å². The van der Waals surface area contributed by atoms with Crippen LogP contribution in [0.2, 0.25) is 0 Å². The number of aromatic nitrogens is 2. The van der Waals surface area contributed by atoms with Crippen LogP contribution in [0.4, 0.5) is 15.0 Å². The van der Waals surface area contributed by atoms with Gasteiger partial charge < -0.3 is 14.0 Å². The molecule has 4 rings (SSSR count). The second kappa shape index (κ2) is 5.52. The number of carbonyl (C=O) groups is 1. The van der Waals surface area contributed by atoms with Crippen molar-refractivity contribution in [2.24, 2.45) is 0 Å². The average molecular weight is 382 g/mol. The minimum Gasteiger partial charge on any atom is -0.491 e. The number of nitrogens with zero attached hydrogens (tertiary/aromatic N) is 3. The fourth-order valence-electron chi connectivity index (χ4n) is 2.81. The number of imidazole rings is 1. The Morgan fingerprint density at radius 1 is 1.39 bits per heavy atom. The van der Waals surface area contributed by atoms with Crippen molar-refractivity contribution in [2.75, 3.05) is 24.8 Å². The predicted molar refractivity (Wildman–Crippen MR) is 84.4 cm³/mol. The van der Waals surface area contributed by atoms with Gasteiger partial charge in [0.1, 0.15) is 37.5 Å². The van der Waals surface area contributed by atoms with E-state index < -0.39 is 18.8 Å². The minimum atomic E-state index is -0.666. The monoisotopic (exact) mass is 381 g/mol. The van der Waals surface area contributed by atoms with E-state index >= 15 is 0 Å². The lowest BCUT2D eigenvalue weighted by atomic mass is 10.2. The topological polar surface area (TPSA) is 56.6 Å². The Balaban J connectivity index is 1.80. The first-order chi connectivity index (χ1) is 11.2. The summed E-state index contributed by atoms with van der Waals surface area (Å²) >= 11 is 3.42. The minimum absolute atomic E-state index is 0.0458. The third-order valence-electron chi connectivity index (χ3n) is 3.92. The number of ether oxygens (including phenoxy) is 2. The highest BCUT2D eigenvalue weighted by Gasteiger charge is 2.36. The normalized spacial score (nSPS) is 19.7. The number of anilines is 1. The first-order valence-electron chi connectivity index (χ1n) is 7.19. The van der Waals surface area contributed by atoms with Gasteiger partial charge in [-0.2, -0.15) is 0 Å². The number of fused-ring (bicyclic) bond motifs is 3. The van der Waals surface area contributed by atoms with Gasteiger partial charge in [-0.05, 0) is 18.2 Å². The van der Waals surface area contributed by atoms with Crippen molar-refractivity contribution in [3.63, 3.8) is 0 Å². The molecule has 0 unspecified atom stereocenters. The largest absolute Gasteiger partial charge is 0.491 e. The number of rotatable bonds is 2. The fourth-order valence-corrected chi connectivity index (χ4v) is 3.15. The Bertz CT molecular complexity index is 779. The number of benzene rings is 1. The van der Waals surface area contributed by atoms with Gasteiger partial charge in [0.25, 0.3) is 0 Å². The third-order valence-corrected chi connectivity index (χ3v) is 4.42. The molecule has 120 valence electrons. The molecule has 0 radical (unpaired) electrons. The lowest BCUT2D eigenvalue weighted by Crippen LogP contribution is -2.35. The van der Waals surface area contributed by atoms with Gasteiger partial charge in [-0.1, -0.05) is 15.9 Å². The highest BCUT2D eigenvalue weighted by molar-refractivity contribution is 9.10. The molecule has 1 atom stereocenters. The predicted octanol–water partition coefficient (Wildman–Crippen LogP) is 3.00. The van der Waals surface area contributed by atoms with E-state index in [1.165, 1.54) is 4.90 Å². The van der Waals surface area contributed by atoms with Crippen LogP contribution < -0.4 is 9.64 Å². The van der Waals surface area contributed by atoms with Crippen LogP contribution in [0, 0.1) is 0 Å². The maximum Gasteiger partial charge on any atom is 0.416 e. The first-order valence-corrected chi connectivity index (χ1v) is 7.98. The summed E-state index contributed by atoms with van der Waals surface area (Å²) in [5.74, 6) is 1.82. The van der Waals surface area contributed by atoms with Crippen molar-refractivity contribution < 1.29 is 18.7 Å². The number of hydrogen-bond donors (Lipinski definition) is 0. The number of alkyl halides is 1. The van der Waals surface area contributed by atoms with E-state index in [1.807, 2.05) is 22.8 Å². The Morgan fingerprint density at radius 2 is 2.26 bits per heavy atom. The van der Waals surface area contributed by atoms with E-state index in [9.17, 15) is 9.18 Å². The molecule has 23 heavy (non-hydrogen) atoms. The van der Waals surface area contributed by atoms with Crippen molar-refractivity contribution in [3.8, 4) is 17.1 Å². The van der Waals surface area contributed by atoms with Gasteiger partial charge in [-0.15, -0.1) is 0 Å². The molecule has 0 saturated carbocycles. The summed E-state index contributed by atoms with van der Waals surface area (Å²) in [5.41, 5.74) is 0.835. The molecule has 8 heteroatoms. The highest BCUT2D eigenvalue weighted by Crippen LogP contribution is 2.36. The Labute approximate surface area is 139 Å².